The maximum Gasteiger partial charge on any atom is 0.134 e. The summed E-state index contributed by atoms with van der Waals surface area (Å²) in [7, 11) is 0. The monoisotopic (exact) mass is 473 g/mol. The standard InChI is InChI=1S/C31H33ClFN/c1-2-3-4-5-6-25-11-19-29(34-22-25)18-10-24-12-20-30-27(21-24)15-14-26(31(30)33)13-7-23-8-16-28(32)17-9-23/h8-9,11-12,14-17,19-22H,2-7,10,13,18H2,1H3. The predicted octanol–water partition coefficient (Wildman–Crippen LogP) is 8.72. The SMILES string of the molecule is CCCCCCc1ccc(CCc2ccc3c(F)c(CCc4ccc(Cl)cc4)ccc3c2)nc1. The lowest BCUT2D eigenvalue weighted by Crippen LogP contribution is -1.98. The van der Waals surface area contributed by atoms with Gasteiger partial charge in [-0.25, -0.2) is 4.39 Å². The number of aromatic nitrogens is 1. The highest BCUT2D eigenvalue weighted by molar-refractivity contribution is 6.30. The molecule has 34 heavy (non-hydrogen) atoms. The van der Waals surface area contributed by atoms with E-state index in [1.807, 2.05) is 48.7 Å². The minimum Gasteiger partial charge on any atom is -0.261 e. The second-order valence-corrected chi connectivity index (χ2v) is 9.63. The fraction of sp³-hybridized carbons (Fsp3) is 0.323. The number of fused-ring (bicyclic) bond motifs is 1. The van der Waals surface area contributed by atoms with E-state index in [1.54, 1.807) is 0 Å². The van der Waals surface area contributed by atoms with Crippen molar-refractivity contribution >= 4 is 22.4 Å². The third-order valence-corrected chi connectivity index (χ3v) is 6.82. The quantitative estimate of drug-likeness (QED) is 0.198. The van der Waals surface area contributed by atoms with Crippen LogP contribution in [0.4, 0.5) is 4.39 Å². The average molecular weight is 474 g/mol. The fourth-order valence-corrected chi connectivity index (χ4v) is 4.57. The molecule has 176 valence electrons. The van der Waals surface area contributed by atoms with E-state index < -0.39 is 0 Å². The van der Waals surface area contributed by atoms with Gasteiger partial charge in [0.1, 0.15) is 5.82 Å². The summed E-state index contributed by atoms with van der Waals surface area (Å²) < 4.78 is 15.2. The molecule has 3 heteroatoms. The van der Waals surface area contributed by atoms with Gasteiger partial charge in [0.2, 0.25) is 0 Å². The van der Waals surface area contributed by atoms with E-state index in [1.165, 1.54) is 36.8 Å². The molecule has 0 saturated heterocycles. The zero-order valence-corrected chi connectivity index (χ0v) is 20.8. The minimum atomic E-state index is -0.103. The van der Waals surface area contributed by atoms with Gasteiger partial charge in [-0.15, -0.1) is 0 Å². The molecule has 0 spiro atoms. The van der Waals surface area contributed by atoms with E-state index in [0.717, 1.165) is 52.9 Å². The first-order valence-electron chi connectivity index (χ1n) is 12.5. The summed E-state index contributed by atoms with van der Waals surface area (Å²) in [5.74, 6) is -0.103. The minimum absolute atomic E-state index is 0.103. The molecule has 0 aliphatic rings. The van der Waals surface area contributed by atoms with E-state index in [-0.39, 0.29) is 5.82 Å². The van der Waals surface area contributed by atoms with Gasteiger partial charge in [-0.3, -0.25) is 4.98 Å². The fourth-order valence-electron chi connectivity index (χ4n) is 4.44. The Bertz CT molecular complexity index is 1200. The lowest BCUT2D eigenvalue weighted by Gasteiger charge is -2.09. The Labute approximate surface area is 208 Å². The lowest BCUT2D eigenvalue weighted by atomic mass is 9.98. The highest BCUT2D eigenvalue weighted by Gasteiger charge is 2.09. The first kappa shape index (κ1) is 24.4. The molecule has 4 aromatic rings. The smallest absolute Gasteiger partial charge is 0.134 e. The van der Waals surface area contributed by atoms with Gasteiger partial charge in [-0.05, 0) is 84.4 Å². The van der Waals surface area contributed by atoms with Crippen molar-refractivity contribution in [3.05, 3.63) is 112 Å². The molecule has 0 unspecified atom stereocenters. The number of aryl methyl sites for hydroxylation is 5. The number of hydrogen-bond acceptors (Lipinski definition) is 1. The van der Waals surface area contributed by atoms with E-state index in [9.17, 15) is 0 Å². The van der Waals surface area contributed by atoms with E-state index >= 15 is 4.39 Å². The van der Waals surface area contributed by atoms with Crippen LogP contribution in [0.2, 0.25) is 5.02 Å². The molecule has 1 heterocycles. The molecule has 1 aromatic heterocycles. The highest BCUT2D eigenvalue weighted by atomic mass is 35.5. The molecule has 0 radical (unpaired) electrons. The Kier molecular flexibility index (Phi) is 8.71. The number of halogens is 2. The summed E-state index contributed by atoms with van der Waals surface area (Å²) in [6, 6.07) is 22.2. The van der Waals surface area contributed by atoms with Gasteiger partial charge in [0.05, 0.1) is 0 Å². The van der Waals surface area contributed by atoms with Crippen molar-refractivity contribution < 1.29 is 4.39 Å². The molecule has 0 atom stereocenters. The number of pyridine rings is 1. The van der Waals surface area contributed by atoms with Crippen molar-refractivity contribution in [3.8, 4) is 0 Å². The molecule has 0 aliphatic heterocycles. The van der Waals surface area contributed by atoms with Crippen LogP contribution in [0.1, 0.15) is 60.6 Å². The average Bonchev–Trinajstić information content (AvgIpc) is 2.87. The van der Waals surface area contributed by atoms with Gasteiger partial charge in [-0.2, -0.15) is 0 Å². The van der Waals surface area contributed by atoms with E-state index in [4.69, 9.17) is 11.6 Å². The summed E-state index contributed by atoms with van der Waals surface area (Å²) in [6.45, 7) is 2.24. The Balaban J connectivity index is 1.35. The van der Waals surface area contributed by atoms with Crippen molar-refractivity contribution in [1.82, 2.24) is 4.98 Å². The van der Waals surface area contributed by atoms with Crippen molar-refractivity contribution in [2.24, 2.45) is 0 Å². The van der Waals surface area contributed by atoms with Gasteiger partial charge < -0.3 is 0 Å². The van der Waals surface area contributed by atoms with Gasteiger partial charge in [-0.1, -0.05) is 86.3 Å². The van der Waals surface area contributed by atoms with Crippen LogP contribution in [-0.2, 0) is 32.1 Å². The van der Waals surface area contributed by atoms with E-state index in [2.05, 4.69) is 36.2 Å². The largest absolute Gasteiger partial charge is 0.261 e. The number of nitrogens with zero attached hydrogens (tertiary/aromatic N) is 1. The normalized spacial score (nSPS) is 11.3. The molecule has 0 N–H and O–H groups in total. The second kappa shape index (κ2) is 12.1. The Hall–Kier alpha value is -2.71. The van der Waals surface area contributed by atoms with Crippen LogP contribution in [0.15, 0.2) is 72.9 Å². The molecule has 0 aliphatic carbocycles. The summed E-state index contributed by atoms with van der Waals surface area (Å²) in [6.07, 6.45) is 11.5. The first-order valence-corrected chi connectivity index (χ1v) is 12.9. The molecular formula is C31H33ClFN. The van der Waals surface area contributed by atoms with Gasteiger partial charge in [0, 0.05) is 22.3 Å². The summed E-state index contributed by atoms with van der Waals surface area (Å²) in [5, 5.41) is 2.38. The maximum atomic E-state index is 15.2. The number of rotatable bonds is 11. The highest BCUT2D eigenvalue weighted by Crippen LogP contribution is 2.24. The topological polar surface area (TPSA) is 12.9 Å². The summed E-state index contributed by atoms with van der Waals surface area (Å²) >= 11 is 5.96. The van der Waals surface area contributed by atoms with Gasteiger partial charge in [0.15, 0.2) is 0 Å². The molecule has 3 aromatic carbocycles. The van der Waals surface area contributed by atoms with Crippen LogP contribution < -0.4 is 0 Å². The van der Waals surface area contributed by atoms with Crippen LogP contribution in [0.5, 0.6) is 0 Å². The van der Waals surface area contributed by atoms with Crippen molar-refractivity contribution in [2.45, 2.75) is 64.7 Å². The maximum absolute atomic E-state index is 15.2. The molecule has 1 nitrogen and oxygen atoms in total. The number of hydrogen-bond donors (Lipinski definition) is 0. The molecule has 0 bridgehead atoms. The van der Waals surface area contributed by atoms with Crippen LogP contribution in [0, 0.1) is 5.82 Å². The molecule has 0 saturated carbocycles. The van der Waals surface area contributed by atoms with Crippen molar-refractivity contribution in [1.29, 1.82) is 0 Å². The Morgan fingerprint density at radius 1 is 0.706 bits per heavy atom. The first-order chi connectivity index (χ1) is 16.6. The number of unbranched alkanes of at least 4 members (excludes halogenated alkanes) is 3. The van der Waals surface area contributed by atoms with Gasteiger partial charge in [0.25, 0.3) is 0 Å². The Morgan fingerprint density at radius 2 is 1.47 bits per heavy atom. The predicted molar refractivity (Wildman–Crippen MR) is 142 cm³/mol. The molecule has 0 fully saturated rings. The third-order valence-electron chi connectivity index (χ3n) is 6.57. The number of benzene rings is 3. The summed E-state index contributed by atoms with van der Waals surface area (Å²) in [4.78, 5) is 4.66. The molecule has 0 amide bonds. The van der Waals surface area contributed by atoms with Gasteiger partial charge >= 0.3 is 0 Å². The second-order valence-electron chi connectivity index (χ2n) is 9.19. The zero-order valence-electron chi connectivity index (χ0n) is 20.0. The lowest BCUT2D eigenvalue weighted by molar-refractivity contribution is 0.620. The van der Waals surface area contributed by atoms with Crippen LogP contribution in [0.3, 0.4) is 0 Å². The van der Waals surface area contributed by atoms with Crippen molar-refractivity contribution in [2.75, 3.05) is 0 Å². The van der Waals surface area contributed by atoms with Crippen LogP contribution in [-0.4, -0.2) is 4.98 Å². The summed E-state index contributed by atoms with van der Waals surface area (Å²) in [5.41, 5.74) is 5.58. The van der Waals surface area contributed by atoms with Crippen LogP contribution in [0.25, 0.3) is 10.8 Å². The third kappa shape index (κ3) is 6.67. The van der Waals surface area contributed by atoms with E-state index in [0.29, 0.717) is 11.8 Å². The van der Waals surface area contributed by atoms with Crippen LogP contribution >= 0.6 is 11.6 Å². The van der Waals surface area contributed by atoms with Crippen molar-refractivity contribution in [3.63, 3.8) is 0 Å². The molecule has 4 rings (SSSR count). The zero-order chi connectivity index (χ0) is 23.8. The Morgan fingerprint density at radius 3 is 2.24 bits per heavy atom. The molecular weight excluding hydrogens is 441 g/mol.